The molecular weight excluding hydrogens is 367 g/mol. The zero-order valence-corrected chi connectivity index (χ0v) is 13.1. The van der Waals surface area contributed by atoms with Crippen molar-refractivity contribution in [1.82, 2.24) is 0 Å². The molecule has 6 nitrogen and oxygen atoms in total. The van der Waals surface area contributed by atoms with Gasteiger partial charge in [0.25, 0.3) is 20.2 Å². The van der Waals surface area contributed by atoms with Crippen LogP contribution in [0.25, 0.3) is 0 Å². The third-order valence-electron chi connectivity index (χ3n) is 1.74. The van der Waals surface area contributed by atoms with E-state index in [1.165, 1.54) is 0 Å². The first-order chi connectivity index (χ1) is 8.48. The largest absolute Gasteiger partial charge is 0.267 e. The molecule has 108 valence electrons. The molecule has 1 aromatic carbocycles. The summed E-state index contributed by atoms with van der Waals surface area (Å²) < 4.78 is 66.4. The van der Waals surface area contributed by atoms with Gasteiger partial charge in [-0.3, -0.25) is 0 Å². The molecule has 1 rings (SSSR count). The molecule has 0 amide bonds. The maximum atomic E-state index is 13.1. The second-order valence-electron chi connectivity index (χ2n) is 3.61. The van der Waals surface area contributed by atoms with Crippen LogP contribution in [0, 0.1) is 5.82 Å². The minimum atomic E-state index is -3.97. The van der Waals surface area contributed by atoms with Gasteiger partial charge < -0.3 is 0 Å². The zero-order chi connectivity index (χ0) is 14.8. The molecule has 1 aromatic rings. The van der Waals surface area contributed by atoms with E-state index in [4.69, 9.17) is 0 Å². The molecule has 0 radical (unpaired) electrons. The fourth-order valence-corrected chi connectivity index (χ4v) is 2.49. The highest BCUT2D eigenvalue weighted by molar-refractivity contribution is 9.10. The highest BCUT2D eigenvalue weighted by atomic mass is 79.9. The minimum Gasteiger partial charge on any atom is -0.232 e. The first-order valence-corrected chi connectivity index (χ1v) is 9.12. The van der Waals surface area contributed by atoms with E-state index in [1.807, 2.05) is 0 Å². The Hall–Kier alpha value is -0.550. The highest BCUT2D eigenvalue weighted by Crippen LogP contribution is 2.26. The molecule has 0 heterocycles. The Balaban J connectivity index is 3.18. The van der Waals surface area contributed by atoms with Gasteiger partial charge in [0.15, 0.2) is 0 Å². The lowest BCUT2D eigenvalue weighted by Crippen LogP contribution is -2.17. The van der Waals surface area contributed by atoms with E-state index >= 15 is 0 Å². The van der Waals surface area contributed by atoms with Crippen molar-refractivity contribution in [3.8, 4) is 0 Å². The second-order valence-corrected chi connectivity index (χ2v) is 7.66. The highest BCUT2D eigenvalue weighted by Gasteiger charge is 2.23. The molecule has 0 saturated carbocycles. The fourth-order valence-electron chi connectivity index (χ4n) is 1.10. The third kappa shape index (κ3) is 5.95. The molecule has 0 fully saturated rings. The van der Waals surface area contributed by atoms with Gasteiger partial charge in [-0.1, -0.05) is 6.07 Å². The summed E-state index contributed by atoms with van der Waals surface area (Å²) in [6.07, 6.45) is -0.226. The van der Waals surface area contributed by atoms with Crippen molar-refractivity contribution in [1.29, 1.82) is 0 Å². The number of hydrogen-bond donors (Lipinski definition) is 0. The van der Waals surface area contributed by atoms with Crippen molar-refractivity contribution < 1.29 is 29.6 Å². The molecule has 0 aliphatic heterocycles. The molecule has 10 heteroatoms. The Morgan fingerprint density at radius 1 is 1.11 bits per heavy atom. The van der Waals surface area contributed by atoms with Crippen LogP contribution in [0.4, 0.5) is 4.39 Å². The van der Waals surface area contributed by atoms with E-state index in [0.717, 1.165) is 30.7 Å². The first-order valence-electron chi connectivity index (χ1n) is 4.69. The number of hydrogen-bond acceptors (Lipinski definition) is 6. The molecule has 19 heavy (non-hydrogen) atoms. The quantitative estimate of drug-likeness (QED) is 0.572. The van der Waals surface area contributed by atoms with Crippen molar-refractivity contribution in [2.75, 3.05) is 12.5 Å². The predicted octanol–water partition coefficient (Wildman–Crippen LogP) is 1.54. The van der Waals surface area contributed by atoms with Gasteiger partial charge in [-0.05, 0) is 28.1 Å². The van der Waals surface area contributed by atoms with Gasteiger partial charge in [0.1, 0.15) is 5.82 Å². The van der Waals surface area contributed by atoms with E-state index in [0.29, 0.717) is 0 Å². The lowest BCUT2D eigenvalue weighted by molar-refractivity contribution is 0.0173. The van der Waals surface area contributed by atoms with Crippen LogP contribution in [0.2, 0.25) is 0 Å². The van der Waals surface area contributed by atoms with Crippen LogP contribution in [-0.2, 0) is 28.6 Å². The summed E-state index contributed by atoms with van der Waals surface area (Å²) in [5.41, 5.74) is 0.0316. The smallest absolute Gasteiger partial charge is 0.232 e. The number of rotatable bonds is 5. The molecular formula is C9H10BrFO6S2. The van der Waals surface area contributed by atoms with Crippen LogP contribution < -0.4 is 0 Å². The first kappa shape index (κ1) is 16.5. The number of benzene rings is 1. The normalized spacial score (nSPS) is 12.9. The summed E-state index contributed by atoms with van der Waals surface area (Å²) >= 11 is 2.89. The predicted molar refractivity (Wildman–Crippen MR) is 68.7 cm³/mol. The molecule has 0 N–H and O–H groups in total. The molecule has 0 unspecified atom stereocenters. The maximum absolute atomic E-state index is 13.1. The Morgan fingerprint density at radius 2 is 1.58 bits per heavy atom. The van der Waals surface area contributed by atoms with Crippen molar-refractivity contribution in [2.24, 2.45) is 0 Å². The van der Waals surface area contributed by atoms with Crippen molar-refractivity contribution in [2.45, 2.75) is 6.29 Å². The van der Waals surface area contributed by atoms with Gasteiger partial charge in [0.2, 0.25) is 6.29 Å². The Bertz CT molecular complexity index is 636. The molecule has 0 bridgehead atoms. The Kier molecular flexibility index (Phi) is 5.07. The molecule has 0 spiro atoms. The molecule has 0 saturated heterocycles. The fraction of sp³-hybridized carbons (Fsp3) is 0.333. The maximum Gasteiger partial charge on any atom is 0.267 e. The second kappa shape index (κ2) is 5.83. The van der Waals surface area contributed by atoms with E-state index in [9.17, 15) is 21.2 Å². The van der Waals surface area contributed by atoms with E-state index in [-0.39, 0.29) is 10.0 Å². The van der Waals surface area contributed by atoms with Gasteiger partial charge in [-0.2, -0.15) is 16.8 Å². The summed E-state index contributed by atoms with van der Waals surface area (Å²) in [5.74, 6) is -0.596. The molecule has 0 atom stereocenters. The lowest BCUT2D eigenvalue weighted by atomic mass is 10.2. The number of halogens is 2. The molecule has 0 aliphatic rings. The third-order valence-corrected chi connectivity index (χ3v) is 3.40. The summed E-state index contributed by atoms with van der Waals surface area (Å²) in [7, 11) is -7.93. The van der Waals surface area contributed by atoms with Crippen LogP contribution in [0.1, 0.15) is 11.9 Å². The molecule has 0 aliphatic carbocycles. The average Bonchev–Trinajstić information content (AvgIpc) is 2.17. The van der Waals surface area contributed by atoms with Crippen molar-refractivity contribution in [3.63, 3.8) is 0 Å². The summed E-state index contributed by atoms with van der Waals surface area (Å²) in [6.45, 7) is 0. The summed E-state index contributed by atoms with van der Waals surface area (Å²) in [4.78, 5) is 0. The monoisotopic (exact) mass is 376 g/mol. The van der Waals surface area contributed by atoms with Gasteiger partial charge in [0.05, 0.1) is 17.0 Å². The summed E-state index contributed by atoms with van der Waals surface area (Å²) in [6, 6.07) is 3.33. The van der Waals surface area contributed by atoms with Crippen LogP contribution in [0.3, 0.4) is 0 Å². The van der Waals surface area contributed by atoms with Gasteiger partial charge >= 0.3 is 0 Å². The lowest BCUT2D eigenvalue weighted by Gasteiger charge is -2.16. The standard InChI is InChI=1S/C9H10BrFO6S2/c1-18(12,13)16-9(17-19(2,14)15)6-3-4-8(11)7(10)5-6/h3-5,9H,1-2H3. The van der Waals surface area contributed by atoms with Crippen molar-refractivity contribution in [3.05, 3.63) is 34.1 Å². The van der Waals surface area contributed by atoms with Gasteiger partial charge in [-0.15, -0.1) is 0 Å². The minimum absolute atomic E-state index is 0.0178. The SMILES string of the molecule is CS(=O)(=O)OC(OS(C)(=O)=O)c1ccc(F)c(Br)c1. The van der Waals surface area contributed by atoms with Crippen molar-refractivity contribution >= 4 is 36.2 Å². The van der Waals surface area contributed by atoms with Crippen LogP contribution in [0.15, 0.2) is 22.7 Å². The van der Waals surface area contributed by atoms with E-state index in [1.54, 1.807) is 0 Å². The molecule has 0 aromatic heterocycles. The van der Waals surface area contributed by atoms with E-state index < -0.39 is 32.3 Å². The van der Waals surface area contributed by atoms with Crippen LogP contribution >= 0.6 is 15.9 Å². The average molecular weight is 377 g/mol. The van der Waals surface area contributed by atoms with Gasteiger partial charge in [0, 0.05) is 5.56 Å². The Labute approximate surface area is 118 Å². The van der Waals surface area contributed by atoms with E-state index in [2.05, 4.69) is 24.3 Å². The topological polar surface area (TPSA) is 86.7 Å². The van der Waals surface area contributed by atoms with Crippen LogP contribution in [-0.4, -0.2) is 29.3 Å². The zero-order valence-electron chi connectivity index (χ0n) is 9.83. The van der Waals surface area contributed by atoms with Gasteiger partial charge in [-0.25, -0.2) is 12.8 Å². The Morgan fingerprint density at radius 3 is 1.95 bits per heavy atom. The summed E-state index contributed by atoms with van der Waals surface area (Å²) in [5, 5.41) is 0. The van der Waals surface area contributed by atoms with Crippen LogP contribution in [0.5, 0.6) is 0 Å².